The minimum Gasteiger partial charge on any atom is -0.496 e. The molecule has 0 radical (unpaired) electrons. The number of hydrogen-bond donors (Lipinski definition) is 0. The van der Waals surface area contributed by atoms with Crippen molar-refractivity contribution < 1.29 is 4.74 Å². The Labute approximate surface area is 105 Å². The SMILES string of the molecule is CCC#CC(C)Cc1cc(C)cc(C)c1OC. The lowest BCUT2D eigenvalue weighted by Gasteiger charge is -2.14. The van der Waals surface area contributed by atoms with Crippen LogP contribution in [-0.2, 0) is 6.42 Å². The minimum atomic E-state index is 0.380. The number of rotatable bonds is 3. The van der Waals surface area contributed by atoms with Crippen LogP contribution < -0.4 is 4.74 Å². The maximum Gasteiger partial charge on any atom is 0.125 e. The van der Waals surface area contributed by atoms with Crippen molar-refractivity contribution in [3.8, 4) is 17.6 Å². The number of methoxy groups -OCH3 is 1. The lowest BCUT2D eigenvalue weighted by atomic mass is 9.97. The Bertz CT molecular complexity index is 435. The molecule has 1 heteroatoms. The van der Waals surface area contributed by atoms with E-state index in [1.54, 1.807) is 7.11 Å². The van der Waals surface area contributed by atoms with Crippen LogP contribution in [0.1, 0.15) is 37.0 Å². The average molecular weight is 230 g/mol. The van der Waals surface area contributed by atoms with Gasteiger partial charge in [-0.15, -0.1) is 5.92 Å². The molecule has 0 aliphatic carbocycles. The smallest absolute Gasteiger partial charge is 0.125 e. The first kappa shape index (κ1) is 13.6. The molecule has 1 nitrogen and oxygen atoms in total. The first-order chi connectivity index (χ1) is 8.08. The van der Waals surface area contributed by atoms with E-state index in [0.717, 1.165) is 18.6 Å². The third-order valence-corrected chi connectivity index (χ3v) is 2.75. The second-order valence-electron chi connectivity index (χ2n) is 4.55. The van der Waals surface area contributed by atoms with E-state index in [-0.39, 0.29) is 0 Å². The van der Waals surface area contributed by atoms with Crippen molar-refractivity contribution in [1.29, 1.82) is 0 Å². The molecule has 0 aromatic heterocycles. The molecule has 0 saturated heterocycles. The highest BCUT2D eigenvalue weighted by Gasteiger charge is 2.09. The van der Waals surface area contributed by atoms with Gasteiger partial charge < -0.3 is 4.74 Å². The van der Waals surface area contributed by atoms with Crippen LogP contribution in [-0.4, -0.2) is 7.11 Å². The summed E-state index contributed by atoms with van der Waals surface area (Å²) in [6, 6.07) is 4.36. The summed E-state index contributed by atoms with van der Waals surface area (Å²) in [7, 11) is 1.74. The van der Waals surface area contributed by atoms with Gasteiger partial charge in [-0.1, -0.05) is 37.5 Å². The fourth-order valence-electron chi connectivity index (χ4n) is 2.14. The molecule has 0 amide bonds. The van der Waals surface area contributed by atoms with Crippen LogP contribution >= 0.6 is 0 Å². The fourth-order valence-corrected chi connectivity index (χ4v) is 2.14. The Morgan fingerprint density at radius 3 is 2.59 bits per heavy atom. The van der Waals surface area contributed by atoms with Crippen molar-refractivity contribution in [3.05, 3.63) is 28.8 Å². The van der Waals surface area contributed by atoms with Gasteiger partial charge in [-0.05, 0) is 31.4 Å². The predicted molar refractivity (Wildman–Crippen MR) is 73.4 cm³/mol. The number of benzene rings is 1. The van der Waals surface area contributed by atoms with E-state index in [1.807, 2.05) is 0 Å². The van der Waals surface area contributed by atoms with Crippen LogP contribution in [0.3, 0.4) is 0 Å². The number of aryl methyl sites for hydroxylation is 2. The van der Waals surface area contributed by atoms with Gasteiger partial charge >= 0.3 is 0 Å². The van der Waals surface area contributed by atoms with Gasteiger partial charge in [0.15, 0.2) is 0 Å². The molecule has 0 fully saturated rings. The van der Waals surface area contributed by atoms with E-state index in [1.165, 1.54) is 16.7 Å². The zero-order valence-electron chi connectivity index (χ0n) is 11.6. The minimum absolute atomic E-state index is 0.380. The van der Waals surface area contributed by atoms with E-state index >= 15 is 0 Å². The number of ether oxygens (including phenoxy) is 1. The lowest BCUT2D eigenvalue weighted by molar-refractivity contribution is 0.405. The topological polar surface area (TPSA) is 9.23 Å². The van der Waals surface area contributed by atoms with Gasteiger partial charge in [-0.25, -0.2) is 0 Å². The second-order valence-corrected chi connectivity index (χ2v) is 4.55. The van der Waals surface area contributed by atoms with Gasteiger partial charge in [-0.2, -0.15) is 0 Å². The third-order valence-electron chi connectivity index (χ3n) is 2.75. The Morgan fingerprint density at radius 2 is 2.00 bits per heavy atom. The van der Waals surface area contributed by atoms with Gasteiger partial charge in [0.1, 0.15) is 5.75 Å². The quantitative estimate of drug-likeness (QED) is 0.715. The highest BCUT2D eigenvalue weighted by atomic mass is 16.5. The molecule has 0 spiro atoms. The zero-order valence-corrected chi connectivity index (χ0v) is 11.6. The van der Waals surface area contributed by atoms with Gasteiger partial charge in [0.25, 0.3) is 0 Å². The molecule has 17 heavy (non-hydrogen) atoms. The third kappa shape index (κ3) is 3.82. The van der Waals surface area contributed by atoms with E-state index in [4.69, 9.17) is 4.74 Å². The van der Waals surface area contributed by atoms with Crippen LogP contribution in [0, 0.1) is 31.6 Å². The van der Waals surface area contributed by atoms with Crippen molar-refractivity contribution in [2.75, 3.05) is 7.11 Å². The molecule has 0 heterocycles. The van der Waals surface area contributed by atoms with Crippen LogP contribution in [0.25, 0.3) is 0 Å². The standard InChI is InChI=1S/C16H22O/c1-6-7-8-12(2)10-15-11-13(3)9-14(4)16(15)17-5/h9,11-12H,6,10H2,1-5H3. The molecule has 1 aromatic carbocycles. The molecule has 1 aromatic rings. The summed E-state index contributed by atoms with van der Waals surface area (Å²) in [5, 5.41) is 0. The molecular formula is C16H22O. The highest BCUT2D eigenvalue weighted by molar-refractivity contribution is 5.44. The second kappa shape index (κ2) is 6.35. The summed E-state index contributed by atoms with van der Waals surface area (Å²) in [5.41, 5.74) is 3.76. The average Bonchev–Trinajstić information content (AvgIpc) is 2.25. The Balaban J connectivity index is 2.97. The first-order valence-electron chi connectivity index (χ1n) is 6.21. The summed E-state index contributed by atoms with van der Waals surface area (Å²) >= 11 is 0. The Hall–Kier alpha value is -1.42. The van der Waals surface area contributed by atoms with Crippen molar-refractivity contribution >= 4 is 0 Å². The molecule has 0 aliphatic heterocycles. The predicted octanol–water partition coefficient (Wildman–Crippen LogP) is 3.90. The Morgan fingerprint density at radius 1 is 1.29 bits per heavy atom. The van der Waals surface area contributed by atoms with Gasteiger partial charge in [0.2, 0.25) is 0 Å². The molecule has 1 rings (SSSR count). The maximum absolute atomic E-state index is 5.49. The molecule has 0 aliphatic rings. The van der Waals surface area contributed by atoms with Crippen molar-refractivity contribution in [1.82, 2.24) is 0 Å². The fraction of sp³-hybridized carbons (Fsp3) is 0.500. The number of hydrogen-bond acceptors (Lipinski definition) is 1. The zero-order chi connectivity index (χ0) is 12.8. The summed E-state index contributed by atoms with van der Waals surface area (Å²) in [6.07, 6.45) is 1.88. The molecular weight excluding hydrogens is 208 g/mol. The van der Waals surface area contributed by atoms with Gasteiger partial charge in [-0.3, -0.25) is 0 Å². The maximum atomic E-state index is 5.49. The van der Waals surface area contributed by atoms with Crippen LogP contribution in [0.4, 0.5) is 0 Å². The van der Waals surface area contributed by atoms with Gasteiger partial charge in [0, 0.05) is 12.3 Å². The first-order valence-corrected chi connectivity index (χ1v) is 6.21. The summed E-state index contributed by atoms with van der Waals surface area (Å²) in [6.45, 7) is 8.47. The van der Waals surface area contributed by atoms with Gasteiger partial charge in [0.05, 0.1) is 7.11 Å². The Kier molecular flexibility index (Phi) is 5.10. The summed E-state index contributed by atoms with van der Waals surface area (Å²) < 4.78 is 5.49. The van der Waals surface area contributed by atoms with Crippen LogP contribution in [0.15, 0.2) is 12.1 Å². The van der Waals surface area contributed by atoms with Crippen molar-refractivity contribution in [2.45, 2.75) is 40.5 Å². The van der Waals surface area contributed by atoms with E-state index < -0.39 is 0 Å². The van der Waals surface area contributed by atoms with E-state index in [9.17, 15) is 0 Å². The normalized spacial score (nSPS) is 11.6. The van der Waals surface area contributed by atoms with Crippen molar-refractivity contribution in [3.63, 3.8) is 0 Å². The van der Waals surface area contributed by atoms with Crippen LogP contribution in [0.5, 0.6) is 5.75 Å². The molecule has 0 bridgehead atoms. The summed E-state index contributed by atoms with van der Waals surface area (Å²) in [5.74, 6) is 7.80. The van der Waals surface area contributed by atoms with Crippen LogP contribution in [0.2, 0.25) is 0 Å². The molecule has 0 saturated carbocycles. The van der Waals surface area contributed by atoms with E-state index in [2.05, 4.69) is 51.7 Å². The van der Waals surface area contributed by atoms with Crippen molar-refractivity contribution in [2.24, 2.45) is 5.92 Å². The molecule has 0 N–H and O–H groups in total. The lowest BCUT2D eigenvalue weighted by Crippen LogP contribution is -2.01. The highest BCUT2D eigenvalue weighted by Crippen LogP contribution is 2.27. The summed E-state index contributed by atoms with van der Waals surface area (Å²) in [4.78, 5) is 0. The van der Waals surface area contributed by atoms with E-state index in [0.29, 0.717) is 5.92 Å². The molecule has 1 atom stereocenters. The molecule has 1 unspecified atom stereocenters. The monoisotopic (exact) mass is 230 g/mol. The largest absolute Gasteiger partial charge is 0.496 e. The molecule has 92 valence electrons.